The van der Waals surface area contributed by atoms with Crippen LogP contribution in [0.1, 0.15) is 0 Å². The van der Waals surface area contributed by atoms with Gasteiger partial charge < -0.3 is 0 Å². The second-order valence-corrected chi connectivity index (χ2v) is 3.51. The van der Waals surface area contributed by atoms with E-state index in [-0.39, 0.29) is 19.5 Å². The van der Waals surface area contributed by atoms with Gasteiger partial charge >= 0.3 is 0 Å². The molecule has 0 aromatic heterocycles. The summed E-state index contributed by atoms with van der Waals surface area (Å²) in [6.07, 6.45) is 0. The van der Waals surface area contributed by atoms with Crippen LogP contribution in [-0.2, 0) is 19.5 Å². The summed E-state index contributed by atoms with van der Waals surface area (Å²) in [5.74, 6) is 0. The molecule has 0 unspecified atom stereocenters. The molecule has 0 aliphatic carbocycles. The average Bonchev–Trinajstić information content (AvgIpc) is 2.29. The first-order chi connectivity index (χ1) is 6.95. The Morgan fingerprint density at radius 2 is 0.867 bits per heavy atom. The molecule has 0 aliphatic heterocycles. The molecular weight excluding hydrogens is 234 g/mol. The molecule has 0 aliphatic rings. The molecule has 0 saturated carbocycles. The van der Waals surface area contributed by atoms with Gasteiger partial charge in [-0.15, -0.1) is 0 Å². The Morgan fingerprint density at radius 1 is 0.467 bits per heavy atom. The third kappa shape index (κ3) is 1.68. The molecule has 0 atom stereocenters. The molecule has 3 rings (SSSR count). The molecule has 0 fully saturated rings. The second kappa shape index (κ2) is 4.12. The van der Waals surface area contributed by atoms with Crippen LogP contribution in [-0.4, -0.2) is 0 Å². The third-order valence-corrected chi connectivity index (χ3v) is 2.65. The normalized spacial score (nSPS) is 10.1. The number of hydrogen-bond acceptors (Lipinski definition) is 0. The van der Waals surface area contributed by atoms with Gasteiger partial charge in [-0.25, -0.2) is 0 Å². The average molecular weight is 244 g/mol. The van der Waals surface area contributed by atoms with Crippen molar-refractivity contribution in [3.8, 4) is 0 Å². The van der Waals surface area contributed by atoms with Gasteiger partial charge in [0.15, 0.2) is 0 Å². The fraction of sp³-hybridized carbons (Fsp3) is 0. The second-order valence-electron chi connectivity index (χ2n) is 3.51. The minimum atomic E-state index is 0. The zero-order valence-corrected chi connectivity index (χ0v) is 11.4. The summed E-state index contributed by atoms with van der Waals surface area (Å²) in [6.45, 7) is 0. The number of hydrogen-bond donors (Lipinski definition) is 0. The molecule has 15 heavy (non-hydrogen) atoms. The van der Waals surface area contributed by atoms with E-state index in [9.17, 15) is 0 Å². The molecule has 0 heterocycles. The van der Waals surface area contributed by atoms with E-state index in [4.69, 9.17) is 0 Å². The molecular formula is C14H10Zn. The third-order valence-electron chi connectivity index (χ3n) is 2.65. The molecule has 0 N–H and O–H groups in total. The van der Waals surface area contributed by atoms with Gasteiger partial charge in [0.1, 0.15) is 0 Å². The molecule has 3 aromatic carbocycles. The Kier molecular flexibility index (Phi) is 2.84. The summed E-state index contributed by atoms with van der Waals surface area (Å²) >= 11 is 0. The van der Waals surface area contributed by atoms with Crippen molar-refractivity contribution in [3.05, 3.63) is 60.7 Å². The first-order valence-electron chi connectivity index (χ1n) is 4.82. The first kappa shape index (κ1) is 10.3. The Labute approximate surface area is 102 Å². The topological polar surface area (TPSA) is 0 Å². The maximum absolute atomic E-state index is 2.18. The van der Waals surface area contributed by atoms with E-state index >= 15 is 0 Å². The SMILES string of the molecule is [Zn].c1ccc2c(c1)ccc1ccccc12. The van der Waals surface area contributed by atoms with E-state index in [1.54, 1.807) is 0 Å². The molecule has 68 valence electrons. The van der Waals surface area contributed by atoms with Crippen molar-refractivity contribution >= 4 is 21.5 Å². The van der Waals surface area contributed by atoms with Crippen LogP contribution in [0.3, 0.4) is 0 Å². The monoisotopic (exact) mass is 242 g/mol. The molecule has 0 radical (unpaired) electrons. The van der Waals surface area contributed by atoms with Gasteiger partial charge in [-0.3, -0.25) is 0 Å². The Morgan fingerprint density at radius 3 is 1.33 bits per heavy atom. The largest absolute Gasteiger partial charge is 0.0616 e. The smallest absolute Gasteiger partial charge is 0 e. The molecule has 0 nitrogen and oxygen atoms in total. The van der Waals surface area contributed by atoms with E-state index < -0.39 is 0 Å². The van der Waals surface area contributed by atoms with Crippen molar-refractivity contribution in [2.75, 3.05) is 0 Å². The fourth-order valence-electron chi connectivity index (χ4n) is 1.95. The Hall–Kier alpha value is -1.20. The van der Waals surface area contributed by atoms with Crippen LogP contribution < -0.4 is 0 Å². The molecule has 1 heteroatoms. The van der Waals surface area contributed by atoms with Gasteiger partial charge in [-0.2, -0.15) is 0 Å². The number of fused-ring (bicyclic) bond motifs is 3. The predicted octanol–water partition coefficient (Wildman–Crippen LogP) is 3.99. The zero-order valence-electron chi connectivity index (χ0n) is 8.48. The maximum Gasteiger partial charge on any atom is 0 e. The van der Waals surface area contributed by atoms with Gasteiger partial charge in [0.25, 0.3) is 0 Å². The summed E-state index contributed by atoms with van der Waals surface area (Å²) in [7, 11) is 0. The van der Waals surface area contributed by atoms with Crippen molar-refractivity contribution in [1.82, 2.24) is 0 Å². The van der Waals surface area contributed by atoms with Crippen LogP contribution in [0, 0.1) is 0 Å². The molecule has 0 amide bonds. The predicted molar refractivity (Wildman–Crippen MR) is 61.5 cm³/mol. The Balaban J connectivity index is 0.000000853. The van der Waals surface area contributed by atoms with Gasteiger partial charge in [0, 0.05) is 19.5 Å². The van der Waals surface area contributed by atoms with Crippen LogP contribution in [0.25, 0.3) is 21.5 Å². The summed E-state index contributed by atoms with van der Waals surface area (Å²) in [5, 5.41) is 5.30. The zero-order chi connectivity index (χ0) is 9.38. The summed E-state index contributed by atoms with van der Waals surface area (Å²) in [5.41, 5.74) is 0. The van der Waals surface area contributed by atoms with Crippen molar-refractivity contribution in [2.45, 2.75) is 0 Å². The van der Waals surface area contributed by atoms with Crippen molar-refractivity contribution in [3.63, 3.8) is 0 Å². The number of benzene rings is 3. The summed E-state index contributed by atoms with van der Waals surface area (Å²) in [4.78, 5) is 0. The van der Waals surface area contributed by atoms with Crippen molar-refractivity contribution in [2.24, 2.45) is 0 Å². The standard InChI is InChI=1S/C14H10.Zn/c1-3-7-13-11(5-1)9-10-12-6-2-4-8-14(12)13;/h1-10H;. The summed E-state index contributed by atoms with van der Waals surface area (Å²) in [6, 6.07) is 21.4. The van der Waals surface area contributed by atoms with Crippen molar-refractivity contribution < 1.29 is 19.5 Å². The van der Waals surface area contributed by atoms with E-state index in [0.29, 0.717) is 0 Å². The first-order valence-corrected chi connectivity index (χ1v) is 4.82. The van der Waals surface area contributed by atoms with Crippen LogP contribution >= 0.6 is 0 Å². The maximum atomic E-state index is 2.18. The van der Waals surface area contributed by atoms with E-state index in [2.05, 4.69) is 60.7 Å². The van der Waals surface area contributed by atoms with E-state index in [1.165, 1.54) is 21.5 Å². The van der Waals surface area contributed by atoms with Gasteiger partial charge in [-0.05, 0) is 21.5 Å². The van der Waals surface area contributed by atoms with Crippen LogP contribution in [0.2, 0.25) is 0 Å². The van der Waals surface area contributed by atoms with Crippen LogP contribution in [0.15, 0.2) is 60.7 Å². The Bertz CT molecular complexity index is 544. The van der Waals surface area contributed by atoms with E-state index in [1.807, 2.05) is 0 Å². The quantitative estimate of drug-likeness (QED) is 0.414. The minimum Gasteiger partial charge on any atom is -0.0616 e. The number of rotatable bonds is 0. The molecule has 3 aromatic rings. The molecule has 0 bridgehead atoms. The summed E-state index contributed by atoms with van der Waals surface area (Å²) < 4.78 is 0. The van der Waals surface area contributed by atoms with Crippen LogP contribution in [0.5, 0.6) is 0 Å². The van der Waals surface area contributed by atoms with Crippen LogP contribution in [0.4, 0.5) is 0 Å². The van der Waals surface area contributed by atoms with Gasteiger partial charge in [0.05, 0.1) is 0 Å². The van der Waals surface area contributed by atoms with E-state index in [0.717, 1.165) is 0 Å². The minimum absolute atomic E-state index is 0. The van der Waals surface area contributed by atoms with Gasteiger partial charge in [-0.1, -0.05) is 60.7 Å². The fourth-order valence-corrected chi connectivity index (χ4v) is 1.95. The van der Waals surface area contributed by atoms with Crippen molar-refractivity contribution in [1.29, 1.82) is 0 Å². The van der Waals surface area contributed by atoms with Gasteiger partial charge in [0.2, 0.25) is 0 Å². The molecule has 0 saturated heterocycles. The molecule has 0 spiro atoms.